The maximum Gasteiger partial charge on any atom is 2.00 e. The predicted octanol–water partition coefficient (Wildman–Crippen LogP) is -3.59. The third-order valence-corrected chi connectivity index (χ3v) is 1.98. The maximum absolute atomic E-state index is 10.0. The summed E-state index contributed by atoms with van der Waals surface area (Å²) < 4.78 is 13.9. The zero-order valence-corrected chi connectivity index (χ0v) is 10.6. The molecule has 0 spiro atoms. The Balaban J connectivity index is 0. The van der Waals surface area contributed by atoms with Gasteiger partial charge in [0, 0.05) is 0 Å². The van der Waals surface area contributed by atoms with E-state index in [9.17, 15) is 14.4 Å². The van der Waals surface area contributed by atoms with Crippen LogP contribution in [0.4, 0.5) is 0 Å². The van der Waals surface area contributed by atoms with Crippen LogP contribution in [0.1, 0.15) is 0 Å². The van der Waals surface area contributed by atoms with Crippen molar-refractivity contribution in [3.63, 3.8) is 0 Å². The van der Waals surface area contributed by atoms with Gasteiger partial charge in [-0.05, 0) is 0 Å². The number of aliphatic hydroxyl groups is 3. The summed E-state index contributed by atoms with van der Waals surface area (Å²) in [4.78, 5) is 20.1. The topological polar surface area (TPSA) is 133 Å². The van der Waals surface area contributed by atoms with Gasteiger partial charge in [0.1, 0.15) is 0 Å². The number of hydrogen-bond donors (Lipinski definition) is 3. The van der Waals surface area contributed by atoms with E-state index in [2.05, 4.69) is 4.52 Å². The molecule has 7 nitrogen and oxygen atoms in total. The fourth-order valence-corrected chi connectivity index (χ4v) is 0.935. The summed E-state index contributed by atoms with van der Waals surface area (Å²) in [6, 6.07) is 0. The van der Waals surface area contributed by atoms with Gasteiger partial charge in [0.25, 0.3) is 0 Å². The number of aliphatic hydroxyl groups excluding tert-OH is 3. The van der Waals surface area contributed by atoms with Crippen molar-refractivity contribution in [2.24, 2.45) is 5.41 Å². The van der Waals surface area contributed by atoms with E-state index in [1.165, 1.54) is 0 Å². The molecule has 0 fully saturated rings. The molecule has 0 aromatic heterocycles. The SMILES string of the molecule is O=P([O-])([O-])OCC(CO)(CO)CO.[Ca+2]. The van der Waals surface area contributed by atoms with Crippen LogP contribution in [0.3, 0.4) is 0 Å². The van der Waals surface area contributed by atoms with Crippen molar-refractivity contribution in [2.75, 3.05) is 26.4 Å². The molecule has 0 aliphatic rings. The molecule has 0 atom stereocenters. The Bertz CT molecular complexity index is 180. The average Bonchev–Trinajstić information content (AvgIpc) is 2.06. The molecule has 0 rings (SSSR count). The van der Waals surface area contributed by atoms with Crippen LogP contribution in [0, 0.1) is 5.41 Å². The van der Waals surface area contributed by atoms with Crippen LogP contribution in [-0.4, -0.2) is 79.5 Å². The van der Waals surface area contributed by atoms with Gasteiger partial charge in [-0.3, -0.25) is 0 Å². The van der Waals surface area contributed by atoms with Crippen LogP contribution in [0.25, 0.3) is 0 Å². The van der Waals surface area contributed by atoms with Gasteiger partial charge in [0.2, 0.25) is 0 Å². The van der Waals surface area contributed by atoms with Crippen LogP contribution in [0.15, 0.2) is 0 Å². The zero-order valence-electron chi connectivity index (χ0n) is 7.46. The third-order valence-electron chi connectivity index (χ3n) is 1.54. The van der Waals surface area contributed by atoms with E-state index in [4.69, 9.17) is 15.3 Å². The van der Waals surface area contributed by atoms with E-state index < -0.39 is 39.7 Å². The van der Waals surface area contributed by atoms with E-state index in [1.807, 2.05) is 0 Å². The Morgan fingerprint density at radius 3 is 1.71 bits per heavy atom. The van der Waals surface area contributed by atoms with E-state index in [-0.39, 0.29) is 37.7 Å². The van der Waals surface area contributed by atoms with Crippen molar-refractivity contribution in [3.05, 3.63) is 0 Å². The first-order valence-electron chi connectivity index (χ1n) is 3.38. The fraction of sp³-hybridized carbons (Fsp3) is 1.00. The summed E-state index contributed by atoms with van der Waals surface area (Å²) in [5, 5.41) is 26.0. The molecule has 0 saturated carbocycles. The number of rotatable bonds is 6. The molecule has 9 heteroatoms. The minimum absolute atomic E-state index is 0. The largest absolute Gasteiger partial charge is 2.00 e. The fourth-order valence-electron chi connectivity index (χ4n) is 0.503. The summed E-state index contributed by atoms with van der Waals surface area (Å²) in [6.45, 7) is -2.78. The van der Waals surface area contributed by atoms with Gasteiger partial charge in [0.15, 0.2) is 0 Å². The Morgan fingerprint density at radius 2 is 1.50 bits per heavy atom. The van der Waals surface area contributed by atoms with E-state index >= 15 is 0 Å². The van der Waals surface area contributed by atoms with Crippen molar-refractivity contribution in [1.29, 1.82) is 0 Å². The quantitative estimate of drug-likeness (QED) is 0.329. The van der Waals surface area contributed by atoms with Crippen LogP contribution in [0.5, 0.6) is 0 Å². The van der Waals surface area contributed by atoms with Crippen molar-refractivity contribution < 1.29 is 34.2 Å². The molecular weight excluding hydrogens is 243 g/mol. The van der Waals surface area contributed by atoms with Gasteiger partial charge in [-0.15, -0.1) is 0 Å². The molecule has 14 heavy (non-hydrogen) atoms. The summed E-state index contributed by atoms with van der Waals surface area (Å²) in [5.41, 5.74) is -1.50. The van der Waals surface area contributed by atoms with Gasteiger partial charge in [0.05, 0.1) is 39.7 Å². The second-order valence-electron chi connectivity index (χ2n) is 2.69. The first-order valence-corrected chi connectivity index (χ1v) is 4.84. The molecule has 0 aliphatic carbocycles. The van der Waals surface area contributed by atoms with Crippen molar-refractivity contribution >= 4 is 45.6 Å². The summed E-state index contributed by atoms with van der Waals surface area (Å²) in [6.07, 6.45) is 0. The van der Waals surface area contributed by atoms with Gasteiger partial charge in [-0.2, -0.15) is 0 Å². The molecule has 0 unspecified atom stereocenters. The monoisotopic (exact) mass is 254 g/mol. The molecule has 0 aliphatic heterocycles. The minimum atomic E-state index is -5.14. The second kappa shape index (κ2) is 7.51. The minimum Gasteiger partial charge on any atom is -0.790 e. The Kier molecular flexibility index (Phi) is 9.46. The summed E-state index contributed by atoms with van der Waals surface area (Å²) >= 11 is 0. The van der Waals surface area contributed by atoms with Crippen LogP contribution in [0.2, 0.25) is 0 Å². The van der Waals surface area contributed by atoms with E-state index in [0.717, 1.165) is 0 Å². The molecular formula is C5H11CaO7P. The van der Waals surface area contributed by atoms with E-state index in [0.29, 0.717) is 0 Å². The average molecular weight is 254 g/mol. The molecule has 0 radical (unpaired) electrons. The van der Waals surface area contributed by atoms with Crippen LogP contribution < -0.4 is 9.79 Å². The standard InChI is InChI=1S/C5H13O7P.Ca/c6-1-5(2-7,3-8)4-12-13(9,10)11;/h6-8H,1-4H2,(H2,9,10,11);/q;+2/p-2. The molecule has 0 aromatic carbocycles. The summed E-state index contributed by atoms with van der Waals surface area (Å²) in [5.74, 6) is 0. The molecule has 3 N–H and O–H groups in total. The van der Waals surface area contributed by atoms with Gasteiger partial charge < -0.3 is 34.2 Å². The first-order chi connectivity index (χ1) is 5.89. The Hall–Kier alpha value is 1.25. The van der Waals surface area contributed by atoms with Gasteiger partial charge in [-0.25, -0.2) is 0 Å². The zero-order chi connectivity index (χ0) is 10.5. The van der Waals surface area contributed by atoms with Crippen LogP contribution in [-0.2, 0) is 9.09 Å². The number of phosphoric acid groups is 1. The normalized spacial score (nSPS) is 12.4. The first kappa shape index (κ1) is 17.6. The smallest absolute Gasteiger partial charge is 0.790 e. The maximum atomic E-state index is 10.0. The van der Waals surface area contributed by atoms with E-state index in [1.54, 1.807) is 0 Å². The molecule has 0 aromatic rings. The van der Waals surface area contributed by atoms with Crippen molar-refractivity contribution in [1.82, 2.24) is 0 Å². The van der Waals surface area contributed by atoms with Crippen molar-refractivity contribution in [2.45, 2.75) is 0 Å². The van der Waals surface area contributed by atoms with Crippen molar-refractivity contribution in [3.8, 4) is 0 Å². The number of hydrogen-bond acceptors (Lipinski definition) is 7. The van der Waals surface area contributed by atoms with Gasteiger partial charge in [-0.1, -0.05) is 0 Å². The summed E-state index contributed by atoms with van der Waals surface area (Å²) in [7, 11) is -5.14. The molecule has 80 valence electrons. The third kappa shape index (κ3) is 6.68. The molecule has 0 amide bonds. The second-order valence-corrected chi connectivity index (χ2v) is 3.85. The van der Waals surface area contributed by atoms with Crippen LogP contribution >= 0.6 is 7.82 Å². The molecule has 0 heterocycles. The predicted molar refractivity (Wildman–Crippen MR) is 43.0 cm³/mol. The molecule has 0 saturated heterocycles. The Morgan fingerprint density at radius 1 is 1.14 bits per heavy atom. The molecule has 0 bridgehead atoms. The van der Waals surface area contributed by atoms with Gasteiger partial charge >= 0.3 is 37.7 Å². The number of phosphoric ester groups is 1. The Labute approximate surface area is 111 Å².